The number of nitrogens with zero attached hydrogens (tertiary/aromatic N) is 6. The highest BCUT2D eigenvalue weighted by atomic mass is 35.5. The molecule has 0 radical (unpaired) electrons. The molecule has 3 atom stereocenters. The van der Waals surface area contributed by atoms with Crippen LogP contribution in [0.25, 0.3) is 33.9 Å². The first-order valence-electron chi connectivity index (χ1n) is 11.6. The summed E-state index contributed by atoms with van der Waals surface area (Å²) in [5.41, 5.74) is 2.12. The van der Waals surface area contributed by atoms with E-state index >= 15 is 0 Å². The van der Waals surface area contributed by atoms with Crippen LogP contribution < -0.4 is 5.32 Å². The zero-order chi connectivity index (χ0) is 25.5. The number of halogens is 2. The van der Waals surface area contributed by atoms with E-state index in [1.165, 1.54) is 18.6 Å². The third-order valence-electron chi connectivity index (χ3n) is 6.36. The zero-order valence-electron chi connectivity index (χ0n) is 19.2. The van der Waals surface area contributed by atoms with E-state index in [0.29, 0.717) is 57.5 Å². The number of hydrogen-bond donors (Lipinski definition) is 3. The summed E-state index contributed by atoms with van der Waals surface area (Å²) in [6.07, 6.45) is 5.08. The van der Waals surface area contributed by atoms with Gasteiger partial charge in [0.2, 0.25) is 0 Å². The third-order valence-corrected chi connectivity index (χ3v) is 7.48. The summed E-state index contributed by atoms with van der Waals surface area (Å²) < 4.78 is 17.3. The number of rotatable bonds is 5. The molecule has 4 heterocycles. The second-order valence-corrected chi connectivity index (χ2v) is 10.5. The lowest BCUT2D eigenvalue weighted by Gasteiger charge is -2.34. The van der Waals surface area contributed by atoms with Crippen molar-refractivity contribution < 1.29 is 14.3 Å². The maximum Gasteiger partial charge on any atom is 0.280 e. The number of H-pyrrole nitrogens is 1. The molecule has 1 aliphatic rings. The number of hydrogen-bond acceptors (Lipinski definition) is 8. The highest BCUT2D eigenvalue weighted by molar-refractivity contribution is 7.17. The number of aromatic nitrogens is 7. The normalized spacial score (nSPS) is 19.8. The predicted molar refractivity (Wildman–Crippen MR) is 136 cm³/mol. The number of carbonyl (C=O) groups excluding carboxylic acids is 1. The van der Waals surface area contributed by atoms with Gasteiger partial charge in [0, 0.05) is 12.1 Å². The van der Waals surface area contributed by atoms with Crippen molar-refractivity contribution in [3.8, 4) is 22.9 Å². The summed E-state index contributed by atoms with van der Waals surface area (Å²) in [5.74, 6) is 0.0645. The Morgan fingerprint density at radius 2 is 2.05 bits per heavy atom. The molecule has 10 nitrogen and oxygen atoms in total. The molecule has 0 spiro atoms. The van der Waals surface area contributed by atoms with Crippen LogP contribution in [0.4, 0.5) is 4.39 Å². The molecule has 3 N–H and O–H groups in total. The lowest BCUT2D eigenvalue weighted by atomic mass is 9.88. The summed E-state index contributed by atoms with van der Waals surface area (Å²) in [7, 11) is 0. The summed E-state index contributed by atoms with van der Waals surface area (Å²) in [6, 6.07) is 7.59. The SMILES string of the molecule is O=C(NC1CC(O)CC(n2c(-c3ccccc3F)nc3cnc(-c4nc[nH]n4)cc32)C1)c1ncc(Cl)s1. The number of benzene rings is 1. The van der Waals surface area contributed by atoms with Gasteiger partial charge in [-0.15, -0.1) is 0 Å². The molecule has 37 heavy (non-hydrogen) atoms. The van der Waals surface area contributed by atoms with E-state index in [2.05, 4.69) is 30.5 Å². The van der Waals surface area contributed by atoms with Gasteiger partial charge in [-0.2, -0.15) is 5.10 Å². The number of aliphatic hydroxyl groups is 1. The molecule has 4 aromatic heterocycles. The van der Waals surface area contributed by atoms with Crippen LogP contribution in [0.1, 0.15) is 35.1 Å². The monoisotopic (exact) mass is 538 g/mol. The van der Waals surface area contributed by atoms with Crippen molar-refractivity contribution in [3.05, 3.63) is 64.2 Å². The van der Waals surface area contributed by atoms with Gasteiger partial charge in [-0.25, -0.2) is 19.3 Å². The first-order chi connectivity index (χ1) is 18.0. The third kappa shape index (κ3) is 4.59. The van der Waals surface area contributed by atoms with E-state index in [0.717, 1.165) is 11.3 Å². The lowest BCUT2D eigenvalue weighted by molar-refractivity contribution is 0.0747. The first kappa shape index (κ1) is 23.6. The van der Waals surface area contributed by atoms with Crippen LogP contribution in [0.2, 0.25) is 4.34 Å². The van der Waals surface area contributed by atoms with Crippen molar-refractivity contribution in [2.24, 2.45) is 0 Å². The van der Waals surface area contributed by atoms with Gasteiger partial charge in [0.1, 0.15) is 33.5 Å². The highest BCUT2D eigenvalue weighted by Crippen LogP contribution is 2.37. The van der Waals surface area contributed by atoms with E-state index in [9.17, 15) is 14.3 Å². The topological polar surface area (TPSA) is 134 Å². The number of fused-ring (bicyclic) bond motifs is 1. The van der Waals surface area contributed by atoms with Crippen LogP contribution in [-0.2, 0) is 0 Å². The lowest BCUT2D eigenvalue weighted by Crippen LogP contribution is -2.43. The Hall–Kier alpha value is -3.74. The summed E-state index contributed by atoms with van der Waals surface area (Å²) >= 11 is 7.02. The van der Waals surface area contributed by atoms with Crippen molar-refractivity contribution >= 4 is 39.9 Å². The smallest absolute Gasteiger partial charge is 0.280 e. The average Bonchev–Trinajstić information content (AvgIpc) is 3.63. The minimum Gasteiger partial charge on any atom is -0.393 e. The summed E-state index contributed by atoms with van der Waals surface area (Å²) in [6.45, 7) is 0. The fourth-order valence-corrected chi connectivity index (χ4v) is 5.67. The molecule has 1 fully saturated rings. The van der Waals surface area contributed by atoms with Crippen molar-refractivity contribution in [2.75, 3.05) is 0 Å². The van der Waals surface area contributed by atoms with Crippen molar-refractivity contribution in [3.63, 3.8) is 0 Å². The van der Waals surface area contributed by atoms with E-state index in [1.54, 1.807) is 24.4 Å². The van der Waals surface area contributed by atoms with Gasteiger partial charge in [0.05, 0.1) is 29.6 Å². The summed E-state index contributed by atoms with van der Waals surface area (Å²) in [5, 5.41) is 20.8. The molecule has 0 bridgehead atoms. The number of pyridine rings is 1. The predicted octanol–water partition coefficient (Wildman–Crippen LogP) is 4.02. The maximum atomic E-state index is 15.0. The number of imidazole rings is 1. The van der Waals surface area contributed by atoms with Crippen LogP contribution in [0, 0.1) is 5.82 Å². The zero-order valence-corrected chi connectivity index (χ0v) is 20.7. The van der Waals surface area contributed by atoms with Gasteiger partial charge in [0.15, 0.2) is 10.8 Å². The van der Waals surface area contributed by atoms with Gasteiger partial charge in [-0.05, 0) is 37.5 Å². The molecule has 3 unspecified atom stereocenters. The van der Waals surface area contributed by atoms with Crippen LogP contribution in [0.15, 0.2) is 49.1 Å². The fourth-order valence-electron chi connectivity index (χ4n) is 4.85. The molecular formula is C24H20ClFN8O2S. The number of amides is 1. The van der Waals surface area contributed by atoms with E-state index in [4.69, 9.17) is 16.6 Å². The molecular weight excluding hydrogens is 519 g/mol. The Kier molecular flexibility index (Phi) is 6.14. The summed E-state index contributed by atoms with van der Waals surface area (Å²) in [4.78, 5) is 30.1. The van der Waals surface area contributed by atoms with Gasteiger partial charge in [-0.1, -0.05) is 35.1 Å². The fraction of sp³-hybridized carbons (Fsp3) is 0.250. The van der Waals surface area contributed by atoms with Crippen LogP contribution in [0.5, 0.6) is 0 Å². The van der Waals surface area contributed by atoms with Crippen LogP contribution in [0.3, 0.4) is 0 Å². The quantitative estimate of drug-likeness (QED) is 0.307. The van der Waals surface area contributed by atoms with E-state index in [1.807, 2.05) is 10.6 Å². The first-order valence-corrected chi connectivity index (χ1v) is 12.7. The minimum absolute atomic E-state index is 0.254. The van der Waals surface area contributed by atoms with Crippen molar-refractivity contribution in [1.82, 2.24) is 40.0 Å². The van der Waals surface area contributed by atoms with Gasteiger partial charge < -0.3 is 15.0 Å². The molecule has 6 rings (SSSR count). The standard InChI is InChI=1S/C24H20ClFN8O2S/c25-20-10-28-24(37-20)23(36)31-12-5-13(7-14(35)6-12)34-19-8-17(21-29-11-30-33-21)27-9-18(19)32-22(34)15-3-1-2-4-16(15)26/h1-4,8-14,35H,5-7H2,(H,31,36)(H,29,30,33). The molecule has 13 heteroatoms. The molecule has 1 aliphatic carbocycles. The molecule has 0 saturated heterocycles. The molecule has 1 amide bonds. The Morgan fingerprint density at radius 1 is 1.19 bits per heavy atom. The maximum absolute atomic E-state index is 15.0. The average molecular weight is 539 g/mol. The number of carbonyl (C=O) groups is 1. The number of nitrogens with one attached hydrogen (secondary N) is 2. The Bertz CT molecular complexity index is 1590. The van der Waals surface area contributed by atoms with Gasteiger partial charge >= 0.3 is 0 Å². The Labute approximate surface area is 218 Å². The number of aliphatic hydroxyl groups excluding tert-OH is 1. The van der Waals surface area contributed by atoms with E-state index in [-0.39, 0.29) is 23.0 Å². The van der Waals surface area contributed by atoms with Crippen LogP contribution in [-0.4, -0.2) is 57.9 Å². The minimum atomic E-state index is -0.691. The Balaban J connectivity index is 1.42. The van der Waals surface area contributed by atoms with E-state index < -0.39 is 11.9 Å². The largest absolute Gasteiger partial charge is 0.393 e. The number of aromatic amines is 1. The molecule has 188 valence electrons. The second-order valence-electron chi connectivity index (χ2n) is 8.82. The molecule has 5 aromatic rings. The number of thiazole rings is 1. The second kappa shape index (κ2) is 9.61. The highest BCUT2D eigenvalue weighted by Gasteiger charge is 2.33. The van der Waals surface area contributed by atoms with Crippen molar-refractivity contribution in [1.29, 1.82) is 0 Å². The van der Waals surface area contributed by atoms with Crippen molar-refractivity contribution in [2.45, 2.75) is 37.5 Å². The molecule has 0 aliphatic heterocycles. The Morgan fingerprint density at radius 3 is 2.81 bits per heavy atom. The van der Waals surface area contributed by atoms with Gasteiger partial charge in [0.25, 0.3) is 5.91 Å². The molecule has 1 saturated carbocycles. The van der Waals surface area contributed by atoms with Crippen LogP contribution >= 0.6 is 22.9 Å². The van der Waals surface area contributed by atoms with Gasteiger partial charge in [-0.3, -0.25) is 14.9 Å². The molecule has 1 aromatic carbocycles.